The first kappa shape index (κ1) is 19.9. The third-order valence-electron chi connectivity index (χ3n) is 4.19. The summed E-state index contributed by atoms with van der Waals surface area (Å²) in [6.07, 6.45) is 1.55. The van der Waals surface area contributed by atoms with Gasteiger partial charge in [-0.1, -0.05) is 23.2 Å². The molecule has 0 atom stereocenters. The molecule has 1 aromatic carbocycles. The van der Waals surface area contributed by atoms with E-state index in [1.165, 1.54) is 10.4 Å². The number of aryl methyl sites for hydroxylation is 1. The molecule has 136 valence electrons. The zero-order chi connectivity index (χ0) is 17.7. The number of halogens is 2. The van der Waals surface area contributed by atoms with Crippen LogP contribution in [0.3, 0.4) is 0 Å². The predicted octanol–water partition coefficient (Wildman–Crippen LogP) is 3.37. The molecule has 0 saturated carbocycles. The maximum atomic E-state index is 12.8. The molecule has 8 heteroatoms. The van der Waals surface area contributed by atoms with Crippen molar-refractivity contribution in [1.82, 2.24) is 4.31 Å². The first-order valence-corrected chi connectivity index (χ1v) is 10.1. The summed E-state index contributed by atoms with van der Waals surface area (Å²) in [4.78, 5) is 0.126. The van der Waals surface area contributed by atoms with Crippen molar-refractivity contribution in [3.05, 3.63) is 27.7 Å². The lowest BCUT2D eigenvalue weighted by Crippen LogP contribution is -2.39. The van der Waals surface area contributed by atoms with Crippen molar-refractivity contribution in [3.8, 4) is 0 Å². The maximum Gasteiger partial charge on any atom is 0.244 e. The Morgan fingerprint density at radius 3 is 2.46 bits per heavy atom. The highest BCUT2D eigenvalue weighted by Crippen LogP contribution is 2.32. The molecule has 0 spiro atoms. The van der Waals surface area contributed by atoms with E-state index in [1.807, 2.05) is 0 Å². The van der Waals surface area contributed by atoms with Crippen molar-refractivity contribution < 1.29 is 17.9 Å². The minimum Gasteiger partial charge on any atom is -0.382 e. The Kier molecular flexibility index (Phi) is 7.34. The van der Waals surface area contributed by atoms with E-state index in [0.29, 0.717) is 49.4 Å². The number of hydrogen-bond acceptors (Lipinski definition) is 4. The number of benzene rings is 1. The number of sulfonamides is 1. The number of piperidine rings is 1. The topological polar surface area (TPSA) is 55.8 Å². The summed E-state index contributed by atoms with van der Waals surface area (Å²) in [7, 11) is -1.97. The van der Waals surface area contributed by atoms with Crippen LogP contribution in [0.5, 0.6) is 0 Å². The van der Waals surface area contributed by atoms with Crippen LogP contribution in [-0.4, -0.2) is 52.7 Å². The van der Waals surface area contributed by atoms with Crippen molar-refractivity contribution >= 4 is 33.2 Å². The van der Waals surface area contributed by atoms with Crippen LogP contribution >= 0.6 is 23.2 Å². The van der Waals surface area contributed by atoms with E-state index >= 15 is 0 Å². The van der Waals surface area contributed by atoms with E-state index in [4.69, 9.17) is 32.7 Å². The molecule has 24 heavy (non-hydrogen) atoms. The van der Waals surface area contributed by atoms with Gasteiger partial charge in [0.1, 0.15) is 4.90 Å². The normalized spacial score (nSPS) is 17.3. The summed E-state index contributed by atoms with van der Waals surface area (Å²) in [6, 6.07) is 3.03. The fraction of sp³-hybridized carbons (Fsp3) is 0.625. The number of ether oxygens (including phenoxy) is 2. The number of methoxy groups -OCH3 is 1. The largest absolute Gasteiger partial charge is 0.382 e. The Balaban J connectivity index is 1.99. The highest BCUT2D eigenvalue weighted by Gasteiger charge is 2.31. The summed E-state index contributed by atoms with van der Waals surface area (Å²) in [5.74, 6) is 0.371. The smallest absolute Gasteiger partial charge is 0.244 e. The lowest BCUT2D eigenvalue weighted by Gasteiger charge is -2.31. The van der Waals surface area contributed by atoms with Gasteiger partial charge in [0.15, 0.2) is 0 Å². The van der Waals surface area contributed by atoms with Gasteiger partial charge in [-0.15, -0.1) is 0 Å². The van der Waals surface area contributed by atoms with Crippen molar-refractivity contribution in [2.75, 3.05) is 40.0 Å². The molecule has 0 bridgehead atoms. The lowest BCUT2D eigenvalue weighted by molar-refractivity contribution is 0.0410. The van der Waals surface area contributed by atoms with Gasteiger partial charge in [-0.05, 0) is 43.4 Å². The van der Waals surface area contributed by atoms with Gasteiger partial charge in [-0.2, -0.15) is 4.31 Å². The fourth-order valence-corrected chi connectivity index (χ4v) is 4.95. The maximum absolute atomic E-state index is 12.8. The standard InChI is InChI=1S/C16H23Cl2NO4S/c1-12-9-16(15(18)10-14(12)17)24(20,21)19-5-3-13(4-6-19)11-23-8-7-22-2/h9-10,13H,3-8,11H2,1-2H3. The number of nitrogens with zero attached hydrogens (tertiary/aromatic N) is 1. The molecule has 0 aliphatic carbocycles. The minimum absolute atomic E-state index is 0.126. The van der Waals surface area contributed by atoms with Crippen molar-refractivity contribution in [2.45, 2.75) is 24.7 Å². The van der Waals surface area contributed by atoms with Gasteiger partial charge < -0.3 is 9.47 Å². The molecule has 1 aliphatic rings. The Bertz CT molecular complexity index is 658. The summed E-state index contributed by atoms with van der Waals surface area (Å²) in [6.45, 7) is 4.48. The molecule has 2 rings (SSSR count). The van der Waals surface area contributed by atoms with E-state index in [0.717, 1.165) is 12.8 Å². The molecule has 1 heterocycles. The first-order valence-electron chi connectivity index (χ1n) is 7.88. The van der Waals surface area contributed by atoms with E-state index < -0.39 is 10.0 Å². The van der Waals surface area contributed by atoms with Crippen molar-refractivity contribution in [3.63, 3.8) is 0 Å². The van der Waals surface area contributed by atoms with Crippen LogP contribution in [0.4, 0.5) is 0 Å². The molecule has 0 N–H and O–H groups in total. The molecular weight excluding hydrogens is 373 g/mol. The van der Waals surface area contributed by atoms with E-state index in [2.05, 4.69) is 0 Å². The fourth-order valence-electron chi connectivity index (χ4n) is 2.68. The zero-order valence-electron chi connectivity index (χ0n) is 13.9. The van der Waals surface area contributed by atoms with Crippen LogP contribution < -0.4 is 0 Å². The lowest BCUT2D eigenvalue weighted by atomic mass is 9.99. The van der Waals surface area contributed by atoms with Gasteiger partial charge in [0.2, 0.25) is 10.0 Å². The Hall–Kier alpha value is -0.370. The molecular formula is C16H23Cl2NO4S. The Labute approximate surface area is 153 Å². The third kappa shape index (κ3) is 4.84. The van der Waals surface area contributed by atoms with Crippen molar-refractivity contribution in [1.29, 1.82) is 0 Å². The van der Waals surface area contributed by atoms with Crippen LogP contribution in [-0.2, 0) is 19.5 Å². The van der Waals surface area contributed by atoms with E-state index in [1.54, 1.807) is 20.1 Å². The van der Waals surface area contributed by atoms with Crippen LogP contribution in [0.25, 0.3) is 0 Å². The molecule has 0 radical (unpaired) electrons. The Morgan fingerprint density at radius 2 is 1.83 bits per heavy atom. The van der Waals surface area contributed by atoms with Gasteiger partial charge in [0.25, 0.3) is 0 Å². The highest BCUT2D eigenvalue weighted by molar-refractivity contribution is 7.89. The van der Waals surface area contributed by atoms with Gasteiger partial charge in [-0.25, -0.2) is 8.42 Å². The molecule has 1 aliphatic heterocycles. The molecule has 0 unspecified atom stereocenters. The molecule has 1 saturated heterocycles. The van der Waals surface area contributed by atoms with Crippen LogP contribution in [0.1, 0.15) is 18.4 Å². The summed E-state index contributed by atoms with van der Waals surface area (Å²) >= 11 is 12.1. The monoisotopic (exact) mass is 395 g/mol. The molecule has 0 aromatic heterocycles. The van der Waals surface area contributed by atoms with Gasteiger partial charge in [0, 0.05) is 31.8 Å². The van der Waals surface area contributed by atoms with Crippen molar-refractivity contribution in [2.24, 2.45) is 5.92 Å². The molecule has 1 fully saturated rings. The van der Waals surface area contributed by atoms with E-state index in [9.17, 15) is 8.42 Å². The van der Waals surface area contributed by atoms with Crippen LogP contribution in [0.2, 0.25) is 10.0 Å². The van der Waals surface area contributed by atoms with E-state index in [-0.39, 0.29) is 9.92 Å². The average Bonchev–Trinajstić information content (AvgIpc) is 2.55. The highest BCUT2D eigenvalue weighted by atomic mass is 35.5. The number of hydrogen-bond donors (Lipinski definition) is 0. The Morgan fingerprint density at radius 1 is 1.17 bits per heavy atom. The third-order valence-corrected chi connectivity index (χ3v) is 6.96. The minimum atomic E-state index is -3.60. The summed E-state index contributed by atoms with van der Waals surface area (Å²) in [5.41, 5.74) is 0.695. The second kappa shape index (κ2) is 8.83. The van der Waals surface area contributed by atoms with Crippen LogP contribution in [0.15, 0.2) is 17.0 Å². The average molecular weight is 396 g/mol. The summed E-state index contributed by atoms with van der Waals surface area (Å²) in [5, 5.41) is 0.626. The SMILES string of the molecule is COCCOCC1CCN(S(=O)(=O)c2cc(C)c(Cl)cc2Cl)CC1. The number of rotatable bonds is 7. The second-order valence-corrected chi connectivity index (χ2v) is 8.67. The van der Waals surface area contributed by atoms with Gasteiger partial charge in [0.05, 0.1) is 18.2 Å². The quantitative estimate of drug-likeness (QED) is 0.664. The molecule has 0 amide bonds. The summed E-state index contributed by atoms with van der Waals surface area (Å²) < 4.78 is 37.6. The molecule has 1 aromatic rings. The zero-order valence-corrected chi connectivity index (χ0v) is 16.3. The predicted molar refractivity (Wildman–Crippen MR) is 95.4 cm³/mol. The second-order valence-electron chi connectivity index (χ2n) is 5.95. The first-order chi connectivity index (χ1) is 11.4. The van der Waals surface area contributed by atoms with Gasteiger partial charge in [-0.3, -0.25) is 0 Å². The van der Waals surface area contributed by atoms with Gasteiger partial charge >= 0.3 is 0 Å². The van der Waals surface area contributed by atoms with Crippen LogP contribution in [0, 0.1) is 12.8 Å². The molecule has 5 nitrogen and oxygen atoms in total.